The summed E-state index contributed by atoms with van der Waals surface area (Å²) in [5.74, 6) is -0.470. The lowest BCUT2D eigenvalue weighted by Gasteiger charge is -2.16. The minimum Gasteiger partial charge on any atom is -0.506 e. The standard InChI is InChI=1S/C24H8Cl8N2O4S.C6H2Cl3NO3/c25-11-1-3-19(23(31)21(11)9-5-15(29)17(33(35)36)7-13(9)27)39-20-4-2-12(26)22(24(20)32)10-6-16(30)18(34(37)38)8-14(10)28;7-2-1-3(11)5(9)6(4(2)8)10(12)13/h1-8H;1,11H. The van der Waals surface area contributed by atoms with Crippen LogP contribution in [0.4, 0.5) is 17.1 Å². The molecule has 0 radical (unpaired) electrons. The maximum atomic E-state index is 11.2. The molecular weight excluding hydrogens is 936 g/mol. The van der Waals surface area contributed by atoms with Crippen LogP contribution in [0.5, 0.6) is 5.75 Å². The number of halogens is 11. The summed E-state index contributed by atoms with van der Waals surface area (Å²) in [4.78, 5) is 31.8. The van der Waals surface area contributed by atoms with Crippen LogP contribution in [0.15, 0.2) is 64.4 Å². The summed E-state index contributed by atoms with van der Waals surface area (Å²) in [7, 11) is 0. The van der Waals surface area contributed by atoms with Crippen molar-refractivity contribution in [3.8, 4) is 28.0 Å². The largest absolute Gasteiger partial charge is 0.506 e. The van der Waals surface area contributed by atoms with Gasteiger partial charge in [-0.3, -0.25) is 30.3 Å². The van der Waals surface area contributed by atoms with Crippen molar-refractivity contribution in [1.29, 1.82) is 0 Å². The predicted octanol–water partition coefficient (Wildman–Crippen LogP) is 15.5. The number of phenolic OH excluding ortho intramolecular Hbond substituents is 1. The molecule has 5 rings (SSSR count). The van der Waals surface area contributed by atoms with Gasteiger partial charge in [-0.2, -0.15) is 0 Å². The fraction of sp³-hybridized carbons (Fsp3) is 0. The molecule has 5 aromatic rings. The van der Waals surface area contributed by atoms with Gasteiger partial charge in [0.1, 0.15) is 20.8 Å². The van der Waals surface area contributed by atoms with E-state index in [0.717, 1.165) is 30.0 Å². The highest BCUT2D eigenvalue weighted by Gasteiger charge is 2.26. The Hall–Kier alpha value is -2.36. The van der Waals surface area contributed by atoms with Crippen LogP contribution in [0.25, 0.3) is 22.3 Å². The number of hydrogen-bond donors (Lipinski definition) is 1. The molecule has 270 valence electrons. The monoisotopic (exact) mass is 941 g/mol. The van der Waals surface area contributed by atoms with Crippen LogP contribution in [-0.4, -0.2) is 19.9 Å². The van der Waals surface area contributed by atoms with E-state index >= 15 is 0 Å². The van der Waals surface area contributed by atoms with Gasteiger partial charge in [0.15, 0.2) is 5.02 Å². The smallest absolute Gasteiger partial charge is 0.311 e. The van der Waals surface area contributed by atoms with Gasteiger partial charge in [0.25, 0.3) is 11.4 Å². The average molecular weight is 946 g/mol. The predicted molar refractivity (Wildman–Crippen MR) is 211 cm³/mol. The van der Waals surface area contributed by atoms with E-state index in [-0.39, 0.29) is 61.6 Å². The van der Waals surface area contributed by atoms with Crippen molar-refractivity contribution in [2.45, 2.75) is 9.79 Å². The van der Waals surface area contributed by atoms with E-state index in [2.05, 4.69) is 0 Å². The molecule has 1 N–H and O–H groups in total. The zero-order chi connectivity index (χ0) is 38.9. The Morgan fingerprint density at radius 2 is 0.865 bits per heavy atom. The van der Waals surface area contributed by atoms with Crippen molar-refractivity contribution in [1.82, 2.24) is 0 Å². The summed E-state index contributed by atoms with van der Waals surface area (Å²) in [5, 5.41) is 41.7. The van der Waals surface area contributed by atoms with Crippen LogP contribution in [0.2, 0.25) is 55.2 Å². The molecule has 5 aromatic carbocycles. The molecule has 0 spiro atoms. The van der Waals surface area contributed by atoms with Gasteiger partial charge >= 0.3 is 5.69 Å². The topological polar surface area (TPSA) is 150 Å². The molecule has 0 aliphatic carbocycles. The summed E-state index contributed by atoms with van der Waals surface area (Å²) < 4.78 is 0. The number of benzene rings is 5. The summed E-state index contributed by atoms with van der Waals surface area (Å²) >= 11 is 68.8. The van der Waals surface area contributed by atoms with E-state index in [0.29, 0.717) is 32.0 Å². The van der Waals surface area contributed by atoms with E-state index in [9.17, 15) is 30.3 Å². The summed E-state index contributed by atoms with van der Waals surface area (Å²) in [6.07, 6.45) is 0. The first kappa shape index (κ1) is 42.4. The molecule has 0 aliphatic heterocycles. The number of phenols is 1. The molecule has 0 aliphatic rings. The number of nitrogens with zero attached hydrogens (tertiary/aromatic N) is 3. The van der Waals surface area contributed by atoms with Crippen LogP contribution in [0.1, 0.15) is 0 Å². The molecule has 0 saturated carbocycles. The fourth-order valence-corrected chi connectivity index (χ4v) is 8.23. The maximum Gasteiger partial charge on any atom is 0.311 e. The van der Waals surface area contributed by atoms with E-state index in [4.69, 9.17) is 133 Å². The highest BCUT2D eigenvalue weighted by atomic mass is 35.5. The molecule has 0 atom stereocenters. The van der Waals surface area contributed by atoms with Gasteiger partial charge in [0, 0.05) is 50.2 Å². The zero-order valence-corrected chi connectivity index (χ0v) is 33.6. The Bertz CT molecular complexity index is 2180. The minimum atomic E-state index is -0.809. The molecular formula is C30H10Cl11N3O7S. The third-order valence-electron chi connectivity index (χ3n) is 6.63. The number of aromatic hydroxyl groups is 1. The normalized spacial score (nSPS) is 10.8. The maximum absolute atomic E-state index is 11.2. The van der Waals surface area contributed by atoms with Crippen LogP contribution in [0.3, 0.4) is 0 Å². The van der Waals surface area contributed by atoms with Crippen molar-refractivity contribution in [3.63, 3.8) is 0 Å². The molecule has 0 fully saturated rings. The van der Waals surface area contributed by atoms with Crippen molar-refractivity contribution >= 4 is 156 Å². The lowest BCUT2D eigenvalue weighted by molar-refractivity contribution is -0.384. The van der Waals surface area contributed by atoms with Crippen molar-refractivity contribution in [3.05, 3.63) is 140 Å². The SMILES string of the molecule is O=[N+]([O-])c1c(Cl)c(O)cc(Cl)c1Cl.O=[N+]([O-])c1cc(Cl)c(-c2c(Cl)ccc(Sc3ccc(Cl)c(-c4cc(Cl)c([N+](=O)[O-])cc4Cl)c3Cl)c2Cl)cc1Cl. The van der Waals surface area contributed by atoms with E-state index < -0.39 is 31.2 Å². The van der Waals surface area contributed by atoms with Gasteiger partial charge in [-0.25, -0.2) is 0 Å². The van der Waals surface area contributed by atoms with Gasteiger partial charge in [-0.05, 0) is 36.4 Å². The number of nitro benzene ring substituents is 3. The third-order valence-corrected chi connectivity index (χ3v) is 11.8. The number of rotatable bonds is 7. The van der Waals surface area contributed by atoms with E-state index in [1.54, 1.807) is 24.3 Å². The first-order valence-electron chi connectivity index (χ1n) is 13.2. The van der Waals surface area contributed by atoms with Gasteiger partial charge in [0.05, 0.1) is 49.9 Å². The second-order valence-electron chi connectivity index (χ2n) is 9.76. The Morgan fingerprint density at radius 3 is 1.23 bits per heavy atom. The molecule has 0 amide bonds. The summed E-state index contributed by atoms with van der Waals surface area (Å²) in [5.41, 5.74) is -0.128. The lowest BCUT2D eigenvalue weighted by Crippen LogP contribution is -1.93. The van der Waals surface area contributed by atoms with Gasteiger partial charge in [-0.15, -0.1) is 0 Å². The first-order chi connectivity index (χ1) is 24.3. The minimum absolute atomic E-state index is 0.0218. The zero-order valence-electron chi connectivity index (χ0n) is 24.5. The molecule has 52 heavy (non-hydrogen) atoms. The second-order valence-corrected chi connectivity index (χ2v) is 15.2. The van der Waals surface area contributed by atoms with E-state index in [1.807, 2.05) is 0 Å². The Kier molecular flexibility index (Phi) is 14.2. The molecule has 0 unspecified atom stereocenters. The van der Waals surface area contributed by atoms with Crippen LogP contribution in [0, 0.1) is 30.3 Å². The average Bonchev–Trinajstić information content (AvgIpc) is 3.05. The quantitative estimate of drug-likeness (QED) is 0.0962. The molecule has 0 saturated heterocycles. The molecule has 0 heterocycles. The van der Waals surface area contributed by atoms with E-state index in [1.165, 1.54) is 12.1 Å². The molecule has 10 nitrogen and oxygen atoms in total. The number of nitro groups is 3. The van der Waals surface area contributed by atoms with Crippen molar-refractivity contribution < 1.29 is 19.9 Å². The second kappa shape index (κ2) is 17.4. The van der Waals surface area contributed by atoms with Gasteiger partial charge in [-0.1, -0.05) is 139 Å². The Labute approximate surface area is 351 Å². The van der Waals surface area contributed by atoms with Crippen molar-refractivity contribution in [2.75, 3.05) is 0 Å². The molecule has 0 aromatic heterocycles. The van der Waals surface area contributed by atoms with Crippen LogP contribution < -0.4 is 0 Å². The fourth-order valence-electron chi connectivity index (χ4n) is 4.31. The third kappa shape index (κ3) is 8.94. The lowest BCUT2D eigenvalue weighted by atomic mass is 10.0. The van der Waals surface area contributed by atoms with Gasteiger partial charge in [0.2, 0.25) is 0 Å². The Balaban J connectivity index is 0.000000392. The highest BCUT2D eigenvalue weighted by Crippen LogP contribution is 2.51. The molecule has 22 heteroatoms. The molecule has 0 bridgehead atoms. The van der Waals surface area contributed by atoms with Crippen molar-refractivity contribution in [2.24, 2.45) is 0 Å². The number of hydrogen-bond acceptors (Lipinski definition) is 8. The summed E-state index contributed by atoms with van der Waals surface area (Å²) in [6.45, 7) is 0. The highest BCUT2D eigenvalue weighted by molar-refractivity contribution is 7.99. The summed E-state index contributed by atoms with van der Waals surface area (Å²) in [6, 6.07) is 12.4. The first-order valence-corrected chi connectivity index (χ1v) is 18.2. The Morgan fingerprint density at radius 1 is 0.462 bits per heavy atom. The van der Waals surface area contributed by atoms with Crippen LogP contribution in [-0.2, 0) is 0 Å². The van der Waals surface area contributed by atoms with Gasteiger partial charge < -0.3 is 5.11 Å². The van der Waals surface area contributed by atoms with Crippen LogP contribution >= 0.6 is 139 Å².